The number of aliphatic hydroxyl groups is 1. The first-order valence-corrected chi connectivity index (χ1v) is 24.4. The first kappa shape index (κ1) is 45.6. The molecule has 3 aliphatic heterocycles. The number of piperazine rings is 1. The van der Waals surface area contributed by atoms with Crippen molar-refractivity contribution in [2.75, 3.05) is 56.1 Å². The van der Waals surface area contributed by atoms with Crippen LogP contribution in [0.15, 0.2) is 86.6 Å². The maximum Gasteiger partial charge on any atom is 0.270 e. The number of nitro benzene ring substituents is 1. The fraction of sp³-hybridized carbons (Fsp3) is 0.458. The van der Waals surface area contributed by atoms with Crippen molar-refractivity contribution >= 4 is 57.8 Å². The number of nitrogens with zero attached hydrogens (tertiary/aromatic N) is 6. The predicted octanol–water partition coefficient (Wildman–Crippen LogP) is 7.94. The summed E-state index contributed by atoms with van der Waals surface area (Å²) < 4.78 is 18.3. The number of carbonyl (C=O) groups excluding carboxylic acids is 2. The van der Waals surface area contributed by atoms with Crippen LogP contribution in [0, 0.1) is 23.0 Å². The lowest BCUT2D eigenvalue weighted by Crippen LogP contribution is -2.48. The number of thiazole rings is 1. The molecule has 66 heavy (non-hydrogen) atoms. The maximum absolute atomic E-state index is 14.3. The highest BCUT2D eigenvalue weighted by molar-refractivity contribution is 7.99. The molecule has 5 aromatic rings. The van der Waals surface area contributed by atoms with Gasteiger partial charge in [0.15, 0.2) is 11.6 Å². The van der Waals surface area contributed by atoms with Crippen molar-refractivity contribution in [1.82, 2.24) is 25.3 Å². The molecule has 4 aliphatic rings. The van der Waals surface area contributed by atoms with Crippen LogP contribution < -0.4 is 20.3 Å². The zero-order chi connectivity index (χ0) is 46.1. The number of nitrogens with one attached hydrogen (secondary N) is 2. The van der Waals surface area contributed by atoms with Gasteiger partial charge in [-0.2, -0.15) is 0 Å². The minimum Gasteiger partial charge on any atom is -0.490 e. The van der Waals surface area contributed by atoms with Crippen LogP contribution in [0.4, 0.5) is 22.9 Å². The van der Waals surface area contributed by atoms with E-state index in [-0.39, 0.29) is 59.6 Å². The van der Waals surface area contributed by atoms with Gasteiger partial charge in [-0.3, -0.25) is 24.6 Å². The van der Waals surface area contributed by atoms with E-state index in [1.165, 1.54) is 22.7 Å². The van der Waals surface area contributed by atoms with Crippen molar-refractivity contribution in [3.8, 4) is 16.2 Å². The largest absolute Gasteiger partial charge is 0.490 e. The van der Waals surface area contributed by atoms with E-state index in [4.69, 9.17) is 14.0 Å². The van der Waals surface area contributed by atoms with E-state index in [0.717, 1.165) is 101 Å². The highest BCUT2D eigenvalue weighted by atomic mass is 32.2. The molecule has 3 fully saturated rings. The molecule has 0 spiro atoms. The molecule has 0 unspecified atom stereocenters. The van der Waals surface area contributed by atoms with Crippen molar-refractivity contribution in [2.24, 2.45) is 5.92 Å². The van der Waals surface area contributed by atoms with Gasteiger partial charge in [-0.05, 0) is 61.6 Å². The Morgan fingerprint density at radius 1 is 0.985 bits per heavy atom. The Labute approximate surface area is 392 Å². The molecule has 9 rings (SSSR count). The summed E-state index contributed by atoms with van der Waals surface area (Å²) in [6.07, 6.45) is 2.20. The normalized spacial score (nSPS) is 21.4. The molecule has 2 saturated heterocycles. The number of hydrogen-bond acceptors (Lipinski definition) is 15. The zero-order valence-electron chi connectivity index (χ0n) is 37.6. The third kappa shape index (κ3) is 10.1. The zero-order valence-corrected chi connectivity index (χ0v) is 39.2. The quantitative estimate of drug-likeness (QED) is 0.0482. The number of anilines is 3. The van der Waals surface area contributed by atoms with Gasteiger partial charge in [0.25, 0.3) is 5.69 Å². The highest BCUT2D eigenvalue weighted by Gasteiger charge is 2.44. The molecular formula is C48H56N8O8S2. The molecule has 16 nitrogen and oxygen atoms in total. The van der Waals surface area contributed by atoms with Crippen LogP contribution in [0.3, 0.4) is 0 Å². The van der Waals surface area contributed by atoms with Crippen molar-refractivity contribution in [2.45, 2.75) is 99.5 Å². The molecule has 0 radical (unpaired) electrons. The molecule has 1 saturated carbocycles. The average Bonchev–Trinajstić information content (AvgIpc) is 4.06. The van der Waals surface area contributed by atoms with E-state index in [0.29, 0.717) is 18.2 Å². The van der Waals surface area contributed by atoms with Gasteiger partial charge in [0, 0.05) is 93.1 Å². The molecule has 3 N–H and O–H groups in total. The lowest BCUT2D eigenvalue weighted by atomic mass is 9.91. The van der Waals surface area contributed by atoms with Gasteiger partial charge in [-0.25, -0.2) is 4.98 Å². The molecular weight excluding hydrogens is 881 g/mol. The number of nitro groups is 1. The van der Waals surface area contributed by atoms with Crippen molar-refractivity contribution in [1.29, 1.82) is 0 Å². The molecule has 0 bridgehead atoms. The van der Waals surface area contributed by atoms with E-state index in [1.54, 1.807) is 23.5 Å². The first-order valence-electron chi connectivity index (χ1n) is 22.8. The number of fused-ring (bicyclic) bond motifs is 2. The Morgan fingerprint density at radius 3 is 2.44 bits per heavy atom. The number of aryl methyl sites for hydroxylation is 1. The summed E-state index contributed by atoms with van der Waals surface area (Å²) >= 11 is 3.09. The van der Waals surface area contributed by atoms with Crippen molar-refractivity contribution < 1.29 is 33.6 Å². The van der Waals surface area contributed by atoms with E-state index in [9.17, 15) is 24.8 Å². The second kappa shape index (κ2) is 19.7. The van der Waals surface area contributed by atoms with E-state index in [1.807, 2.05) is 81.7 Å². The van der Waals surface area contributed by atoms with Crippen LogP contribution in [0.2, 0.25) is 0 Å². The average molecular weight is 937 g/mol. The van der Waals surface area contributed by atoms with E-state index < -0.39 is 18.1 Å². The Bertz CT molecular complexity index is 2540. The number of likely N-dealkylation sites (tertiary alicyclic amines) is 1. The molecule has 1 aliphatic carbocycles. The standard InChI is InChI=1S/C48H56N8O8S2/c1-28(2)45(48(59)55-26-34(57)21-40(55)47(58)50-29(3)31-6-8-32(9-7-31)46-30(4)49-27-65-46)41-25-44(52-64-41)54-17-15-53(16-18-54)14-5-19-62-36-22-37(23-36)63-35-11-13-39-43(24-35)66-42-20-33(56(60)61)10-12-38(42)51-39/h6-13,20,24-25,27-29,34,36-37,40,45,51,57H,5,14-19,21-23,26H2,1-4H3,(H,50,58)/t29-,34+,36?,37?,40-,45-/m0/s1. The van der Waals surface area contributed by atoms with Crippen LogP contribution in [0.25, 0.3) is 10.4 Å². The lowest BCUT2D eigenvalue weighted by Gasteiger charge is -2.36. The number of non-ortho nitro benzene ring substituents is 1. The predicted molar refractivity (Wildman–Crippen MR) is 253 cm³/mol. The number of carbonyl (C=O) groups is 2. The molecule has 3 aromatic carbocycles. The summed E-state index contributed by atoms with van der Waals surface area (Å²) in [5, 5.41) is 32.8. The van der Waals surface area contributed by atoms with E-state index >= 15 is 0 Å². The smallest absolute Gasteiger partial charge is 0.270 e. The molecule has 348 valence electrons. The summed E-state index contributed by atoms with van der Waals surface area (Å²) in [7, 11) is 0. The Hall–Kier alpha value is -5.53. The van der Waals surface area contributed by atoms with Crippen molar-refractivity contribution in [3.63, 3.8) is 0 Å². The van der Waals surface area contributed by atoms with Crippen LogP contribution >= 0.6 is 23.1 Å². The van der Waals surface area contributed by atoms with E-state index in [2.05, 4.69) is 30.6 Å². The molecule has 2 amide bonds. The van der Waals surface area contributed by atoms with Crippen molar-refractivity contribution in [3.05, 3.63) is 99.4 Å². The summed E-state index contributed by atoms with van der Waals surface area (Å²) in [6.45, 7) is 12.8. The number of rotatable bonds is 16. The van der Waals surface area contributed by atoms with Gasteiger partial charge < -0.3 is 39.5 Å². The van der Waals surface area contributed by atoms with Gasteiger partial charge in [0.2, 0.25) is 11.8 Å². The summed E-state index contributed by atoms with van der Waals surface area (Å²) in [4.78, 5) is 52.3. The minimum absolute atomic E-state index is 0.0693. The van der Waals surface area contributed by atoms with Gasteiger partial charge in [-0.15, -0.1) is 11.3 Å². The third-order valence-corrected chi connectivity index (χ3v) is 15.1. The summed E-state index contributed by atoms with van der Waals surface area (Å²) in [5.41, 5.74) is 6.70. The van der Waals surface area contributed by atoms with Gasteiger partial charge in [0.05, 0.1) is 50.6 Å². The molecule has 5 heterocycles. The van der Waals surface area contributed by atoms with Gasteiger partial charge in [0.1, 0.15) is 23.8 Å². The monoisotopic (exact) mass is 936 g/mol. The number of aromatic nitrogens is 2. The molecule has 18 heteroatoms. The number of hydrogen-bond donors (Lipinski definition) is 3. The Morgan fingerprint density at radius 2 is 1.73 bits per heavy atom. The fourth-order valence-corrected chi connectivity index (χ4v) is 11.1. The number of β-amino-alcohol motifs (C(OH)–C–C–N with tert-alkyl or cyclic N) is 1. The first-order chi connectivity index (χ1) is 31.9. The number of amides is 2. The van der Waals surface area contributed by atoms with Gasteiger partial charge >= 0.3 is 0 Å². The third-order valence-electron chi connectivity index (χ3n) is 13.0. The van der Waals surface area contributed by atoms with Crippen LogP contribution in [-0.4, -0.2) is 112 Å². The SMILES string of the molecule is Cc1ncsc1-c1ccc([C@H](C)NC(=O)[C@@H]2C[C@@H](O)CN2C(=O)[C@H](c2cc(N3CCN(CCCOC4CC(Oc5ccc6c(c5)Sc5cc([N+](=O)[O-])ccc5N6)C4)CC3)no2)C(C)C)cc1. The Balaban J connectivity index is 0.699. The fourth-order valence-electron chi connectivity index (χ4n) is 9.21. The Kier molecular flexibility index (Phi) is 13.6. The highest BCUT2D eigenvalue weighted by Crippen LogP contribution is 2.47. The number of ether oxygens (including phenoxy) is 2. The topological polar surface area (TPSA) is 189 Å². The summed E-state index contributed by atoms with van der Waals surface area (Å²) in [6, 6.07) is 19.6. The van der Waals surface area contributed by atoms with Crippen LogP contribution in [0.1, 0.15) is 75.4 Å². The minimum atomic E-state index is -0.809. The maximum atomic E-state index is 14.3. The lowest BCUT2D eigenvalue weighted by molar-refractivity contribution is -0.385. The number of aliphatic hydroxyl groups excluding tert-OH is 1. The van der Waals surface area contributed by atoms with Gasteiger partial charge in [-0.1, -0.05) is 55.0 Å². The molecule has 2 aromatic heterocycles. The van der Waals surface area contributed by atoms with Crippen LogP contribution in [0.5, 0.6) is 5.75 Å². The second-order valence-corrected chi connectivity index (χ2v) is 20.0. The van der Waals surface area contributed by atoms with Crippen LogP contribution in [-0.2, 0) is 14.3 Å². The second-order valence-electron chi connectivity index (χ2n) is 18.0. The molecule has 4 atom stereocenters. The summed E-state index contributed by atoms with van der Waals surface area (Å²) in [5.74, 6) is 0.566. The number of benzene rings is 3.